The molecule has 1 heterocycles. The average molecular weight is 248 g/mol. The third-order valence-corrected chi connectivity index (χ3v) is 1.99. The van der Waals surface area contributed by atoms with Gasteiger partial charge in [-0.1, -0.05) is 30.4 Å². The van der Waals surface area contributed by atoms with Crippen LogP contribution in [-0.2, 0) is 4.84 Å². The monoisotopic (exact) mass is 248 g/mol. The Balaban J connectivity index is 0.000000249. The maximum atomic E-state index is 9.75. The fourth-order valence-electron chi connectivity index (χ4n) is 1.40. The molecule has 0 spiro atoms. The molecular formula is C10H11BF4NO-. The predicted octanol–water partition coefficient (Wildman–Crippen LogP) is 3.38. The minimum atomic E-state index is -6.00. The van der Waals surface area contributed by atoms with E-state index in [-0.39, 0.29) is 0 Å². The fourth-order valence-corrected chi connectivity index (χ4v) is 1.40. The minimum absolute atomic E-state index is 0.827. The second kappa shape index (κ2) is 5.72. The first kappa shape index (κ1) is 13.6. The quantitative estimate of drug-likeness (QED) is 0.558. The van der Waals surface area contributed by atoms with E-state index in [1.807, 2.05) is 17.2 Å². The highest BCUT2D eigenvalue weighted by Gasteiger charge is 2.20. The number of hydroxylamine groups is 1. The van der Waals surface area contributed by atoms with Crippen molar-refractivity contribution in [3.8, 4) is 0 Å². The zero-order valence-corrected chi connectivity index (χ0v) is 9.12. The van der Waals surface area contributed by atoms with Gasteiger partial charge in [0, 0.05) is 0 Å². The first-order valence-electron chi connectivity index (χ1n) is 4.86. The molecule has 0 aromatic heterocycles. The van der Waals surface area contributed by atoms with Crippen LogP contribution >= 0.6 is 0 Å². The Kier molecular flexibility index (Phi) is 4.57. The molecule has 2 nitrogen and oxygen atoms in total. The molecule has 0 saturated carbocycles. The maximum absolute atomic E-state index is 9.75. The van der Waals surface area contributed by atoms with Gasteiger partial charge >= 0.3 is 7.25 Å². The lowest BCUT2D eigenvalue weighted by Gasteiger charge is -2.24. The largest absolute Gasteiger partial charge is 0.673 e. The van der Waals surface area contributed by atoms with Gasteiger partial charge in [0.1, 0.15) is 0 Å². The summed E-state index contributed by atoms with van der Waals surface area (Å²) in [4.78, 5) is 5.20. The molecule has 0 amide bonds. The molecule has 0 atom stereocenters. The SMILES string of the molecule is CON1CC=Cc2ccccc21.F[B-](F)(F)F. The third kappa shape index (κ3) is 4.90. The smallest absolute Gasteiger partial charge is 0.418 e. The van der Waals surface area contributed by atoms with Gasteiger partial charge in [-0.2, -0.15) is 0 Å². The summed E-state index contributed by atoms with van der Waals surface area (Å²) >= 11 is 0. The van der Waals surface area contributed by atoms with Crippen molar-refractivity contribution in [2.75, 3.05) is 18.7 Å². The highest BCUT2D eigenvalue weighted by Crippen LogP contribution is 2.24. The van der Waals surface area contributed by atoms with Crippen LogP contribution in [0.3, 0.4) is 0 Å². The van der Waals surface area contributed by atoms with Gasteiger partial charge in [-0.15, -0.1) is 0 Å². The molecule has 0 bridgehead atoms. The number of benzene rings is 1. The van der Waals surface area contributed by atoms with Crippen molar-refractivity contribution in [3.63, 3.8) is 0 Å². The lowest BCUT2D eigenvalue weighted by atomic mass is 10.1. The van der Waals surface area contributed by atoms with Crippen LogP contribution in [0.25, 0.3) is 6.08 Å². The summed E-state index contributed by atoms with van der Waals surface area (Å²) in [6, 6.07) is 8.19. The van der Waals surface area contributed by atoms with Crippen LogP contribution in [0.5, 0.6) is 0 Å². The zero-order chi connectivity index (χ0) is 12.9. The van der Waals surface area contributed by atoms with Crippen LogP contribution in [0.1, 0.15) is 5.56 Å². The first-order valence-corrected chi connectivity index (χ1v) is 4.86. The van der Waals surface area contributed by atoms with E-state index in [0.717, 1.165) is 12.2 Å². The molecule has 7 heteroatoms. The molecule has 0 fully saturated rings. The Hall–Kier alpha value is -1.50. The normalized spacial score (nSPS) is 13.8. The highest BCUT2D eigenvalue weighted by atomic mass is 19.5. The Bertz CT molecular complexity index is 388. The number of fused-ring (bicyclic) bond motifs is 1. The molecule has 0 aliphatic carbocycles. The van der Waals surface area contributed by atoms with Gasteiger partial charge in [0.15, 0.2) is 0 Å². The van der Waals surface area contributed by atoms with E-state index in [4.69, 9.17) is 4.84 Å². The van der Waals surface area contributed by atoms with Gasteiger partial charge < -0.3 is 17.3 Å². The number of nitrogens with zero attached hydrogens (tertiary/aromatic N) is 1. The zero-order valence-electron chi connectivity index (χ0n) is 9.12. The summed E-state index contributed by atoms with van der Waals surface area (Å²) < 4.78 is 39.0. The van der Waals surface area contributed by atoms with Crippen LogP contribution in [0.4, 0.5) is 23.0 Å². The minimum Gasteiger partial charge on any atom is -0.418 e. The van der Waals surface area contributed by atoms with Gasteiger partial charge in [0.2, 0.25) is 0 Å². The standard InChI is InChI=1S/C10H11NO.BF4/c1-12-11-8-4-6-9-5-2-3-7-10(9)11;2-1(3,4)5/h2-7H,8H2,1H3;/q;-1. The molecule has 94 valence electrons. The fraction of sp³-hybridized carbons (Fsp3) is 0.200. The Morgan fingerprint density at radius 2 is 1.76 bits per heavy atom. The number of hydrogen-bond acceptors (Lipinski definition) is 2. The Morgan fingerprint density at radius 3 is 2.35 bits per heavy atom. The number of anilines is 1. The van der Waals surface area contributed by atoms with Gasteiger partial charge in [-0.3, -0.25) is 9.90 Å². The van der Waals surface area contributed by atoms with Crippen molar-refractivity contribution in [1.29, 1.82) is 0 Å². The number of halogens is 4. The molecule has 17 heavy (non-hydrogen) atoms. The Labute approximate surface area is 96.5 Å². The summed E-state index contributed by atoms with van der Waals surface area (Å²) in [5.74, 6) is 0. The molecule has 0 radical (unpaired) electrons. The summed E-state index contributed by atoms with van der Waals surface area (Å²) in [5.41, 5.74) is 2.35. The van der Waals surface area contributed by atoms with Gasteiger partial charge in [0.05, 0.1) is 19.3 Å². The second-order valence-corrected chi connectivity index (χ2v) is 3.20. The highest BCUT2D eigenvalue weighted by molar-refractivity contribution is 6.50. The van der Waals surface area contributed by atoms with Crippen LogP contribution in [-0.4, -0.2) is 20.9 Å². The van der Waals surface area contributed by atoms with Crippen molar-refractivity contribution >= 4 is 19.0 Å². The summed E-state index contributed by atoms with van der Waals surface area (Å²) in [6.07, 6.45) is 4.21. The lowest BCUT2D eigenvalue weighted by Crippen LogP contribution is -2.24. The first-order chi connectivity index (χ1) is 7.92. The molecule has 0 saturated heterocycles. The maximum Gasteiger partial charge on any atom is 0.673 e. The molecule has 1 aliphatic heterocycles. The van der Waals surface area contributed by atoms with Gasteiger partial charge in [-0.25, -0.2) is 0 Å². The van der Waals surface area contributed by atoms with E-state index in [2.05, 4.69) is 24.3 Å². The molecule has 2 rings (SSSR count). The van der Waals surface area contributed by atoms with E-state index in [0.29, 0.717) is 0 Å². The van der Waals surface area contributed by atoms with E-state index in [9.17, 15) is 17.3 Å². The predicted molar refractivity (Wildman–Crippen MR) is 60.0 cm³/mol. The van der Waals surface area contributed by atoms with Crippen molar-refractivity contribution in [2.45, 2.75) is 0 Å². The third-order valence-electron chi connectivity index (χ3n) is 1.99. The van der Waals surface area contributed by atoms with Crippen LogP contribution in [0.2, 0.25) is 0 Å². The Morgan fingerprint density at radius 1 is 1.18 bits per heavy atom. The summed E-state index contributed by atoms with van der Waals surface area (Å²) in [7, 11) is -4.31. The summed E-state index contributed by atoms with van der Waals surface area (Å²) in [5, 5.41) is 1.87. The number of rotatable bonds is 1. The molecule has 1 aliphatic rings. The van der Waals surface area contributed by atoms with Crippen molar-refractivity contribution in [2.24, 2.45) is 0 Å². The molecule has 0 unspecified atom stereocenters. The second-order valence-electron chi connectivity index (χ2n) is 3.20. The van der Waals surface area contributed by atoms with Crippen molar-refractivity contribution in [1.82, 2.24) is 0 Å². The van der Waals surface area contributed by atoms with Crippen LogP contribution in [0, 0.1) is 0 Å². The van der Waals surface area contributed by atoms with E-state index in [1.54, 1.807) is 7.11 Å². The van der Waals surface area contributed by atoms with E-state index in [1.165, 1.54) is 5.56 Å². The lowest BCUT2D eigenvalue weighted by molar-refractivity contribution is 0.174. The molecule has 1 aromatic carbocycles. The topological polar surface area (TPSA) is 12.5 Å². The number of para-hydroxylation sites is 1. The van der Waals surface area contributed by atoms with Crippen LogP contribution in [0.15, 0.2) is 30.3 Å². The van der Waals surface area contributed by atoms with Gasteiger partial charge in [0.25, 0.3) is 0 Å². The van der Waals surface area contributed by atoms with Gasteiger partial charge in [-0.05, 0) is 11.6 Å². The summed E-state index contributed by atoms with van der Waals surface area (Å²) in [6.45, 7) is 0.827. The van der Waals surface area contributed by atoms with E-state index >= 15 is 0 Å². The van der Waals surface area contributed by atoms with Crippen molar-refractivity contribution in [3.05, 3.63) is 35.9 Å². The van der Waals surface area contributed by atoms with E-state index < -0.39 is 7.25 Å². The van der Waals surface area contributed by atoms with Crippen LogP contribution < -0.4 is 5.06 Å². The molecule has 1 aromatic rings. The van der Waals surface area contributed by atoms with Crippen molar-refractivity contribution < 1.29 is 22.1 Å². The molecule has 0 N–H and O–H groups in total. The average Bonchev–Trinajstić information content (AvgIpc) is 2.26. The molecular weight excluding hydrogens is 237 g/mol. The number of hydrogen-bond donors (Lipinski definition) is 0.